The Labute approximate surface area is 116 Å². The fourth-order valence-corrected chi connectivity index (χ4v) is 2.83. The molecular weight excluding hydrogens is 261 g/mol. The maximum Gasteiger partial charge on any atom is 0.124 e. The van der Waals surface area contributed by atoms with Crippen LogP contribution in [0.3, 0.4) is 0 Å². The van der Waals surface area contributed by atoms with E-state index >= 15 is 0 Å². The van der Waals surface area contributed by atoms with E-state index in [2.05, 4.69) is 0 Å². The van der Waals surface area contributed by atoms with E-state index in [-0.39, 0.29) is 12.4 Å². The topological polar surface area (TPSA) is 46.2 Å². The molecule has 0 bridgehead atoms. The van der Waals surface area contributed by atoms with Gasteiger partial charge in [-0.05, 0) is 23.8 Å². The first-order valence-electron chi connectivity index (χ1n) is 6.00. The molecule has 0 spiro atoms. The molecule has 0 amide bonds. The largest absolute Gasteiger partial charge is 0.383 e. The third kappa shape index (κ3) is 3.56. The quantitative estimate of drug-likeness (QED) is 0.826. The Morgan fingerprint density at radius 3 is 2.47 bits per heavy atom. The summed E-state index contributed by atoms with van der Waals surface area (Å²) in [6.07, 6.45) is 0. The molecule has 0 saturated carbocycles. The molecule has 0 aliphatic carbocycles. The summed E-state index contributed by atoms with van der Waals surface area (Å²) in [6.45, 7) is 0.124. The van der Waals surface area contributed by atoms with Crippen molar-refractivity contribution in [3.63, 3.8) is 0 Å². The summed E-state index contributed by atoms with van der Waals surface area (Å²) >= 11 is 1.39. The molecule has 100 valence electrons. The van der Waals surface area contributed by atoms with Gasteiger partial charge in [-0.3, -0.25) is 0 Å². The normalized spacial score (nSPS) is 14.1. The highest BCUT2D eigenvalue weighted by Gasteiger charge is 2.27. The zero-order chi connectivity index (χ0) is 13.7. The van der Waals surface area contributed by atoms with Crippen molar-refractivity contribution in [3.8, 4) is 0 Å². The van der Waals surface area contributed by atoms with Gasteiger partial charge in [-0.1, -0.05) is 36.4 Å². The monoisotopic (exact) mass is 277 g/mol. The van der Waals surface area contributed by atoms with E-state index < -0.39 is 5.60 Å². The number of thioether (sulfide) groups is 1. The lowest BCUT2D eigenvalue weighted by Gasteiger charge is -2.26. The zero-order valence-electron chi connectivity index (χ0n) is 10.4. The molecule has 0 aromatic heterocycles. The standard InChI is InChI=1S/C15H16FNOS/c16-13-7-4-8-14(9-13)19-11-15(18,10-17)12-5-2-1-3-6-12/h1-9,18H,10-11,17H2. The van der Waals surface area contributed by atoms with E-state index in [4.69, 9.17) is 5.73 Å². The van der Waals surface area contributed by atoms with E-state index in [9.17, 15) is 9.50 Å². The first-order valence-corrected chi connectivity index (χ1v) is 6.99. The summed E-state index contributed by atoms with van der Waals surface area (Å²) < 4.78 is 13.1. The predicted octanol–water partition coefficient (Wildman–Crippen LogP) is 2.76. The number of halogens is 1. The summed E-state index contributed by atoms with van der Waals surface area (Å²) in [5.41, 5.74) is 5.38. The van der Waals surface area contributed by atoms with Crippen LogP contribution < -0.4 is 5.73 Å². The van der Waals surface area contributed by atoms with Crippen LogP contribution in [-0.2, 0) is 5.60 Å². The van der Waals surface area contributed by atoms with E-state index in [0.717, 1.165) is 10.5 Å². The van der Waals surface area contributed by atoms with Crippen molar-refractivity contribution in [2.24, 2.45) is 5.73 Å². The Kier molecular flexibility index (Phi) is 4.58. The van der Waals surface area contributed by atoms with Crippen LogP contribution in [-0.4, -0.2) is 17.4 Å². The molecule has 4 heteroatoms. The van der Waals surface area contributed by atoms with Gasteiger partial charge >= 0.3 is 0 Å². The molecule has 2 nitrogen and oxygen atoms in total. The highest BCUT2D eigenvalue weighted by Crippen LogP contribution is 2.29. The van der Waals surface area contributed by atoms with Gasteiger partial charge in [0.2, 0.25) is 0 Å². The molecule has 0 aliphatic heterocycles. The van der Waals surface area contributed by atoms with Crippen LogP contribution in [0, 0.1) is 5.82 Å². The van der Waals surface area contributed by atoms with Gasteiger partial charge in [-0.2, -0.15) is 0 Å². The molecular formula is C15H16FNOS. The summed E-state index contributed by atoms with van der Waals surface area (Å²) in [7, 11) is 0. The second-order valence-corrected chi connectivity index (χ2v) is 5.40. The Balaban J connectivity index is 2.11. The van der Waals surface area contributed by atoms with Gasteiger partial charge in [0.1, 0.15) is 11.4 Å². The summed E-state index contributed by atoms with van der Waals surface area (Å²) in [5, 5.41) is 10.6. The Morgan fingerprint density at radius 1 is 1.11 bits per heavy atom. The molecule has 0 radical (unpaired) electrons. The number of nitrogens with two attached hydrogens (primary N) is 1. The van der Waals surface area contributed by atoms with Crippen LogP contribution in [0.1, 0.15) is 5.56 Å². The highest BCUT2D eigenvalue weighted by atomic mass is 32.2. The Morgan fingerprint density at radius 2 is 1.84 bits per heavy atom. The van der Waals surface area contributed by atoms with Gasteiger partial charge in [0.05, 0.1) is 0 Å². The van der Waals surface area contributed by atoms with E-state index in [1.165, 1.54) is 23.9 Å². The molecule has 3 N–H and O–H groups in total. The van der Waals surface area contributed by atoms with E-state index in [1.807, 2.05) is 36.4 Å². The number of hydrogen-bond donors (Lipinski definition) is 2. The summed E-state index contributed by atoms with van der Waals surface area (Å²) in [6, 6.07) is 15.6. The van der Waals surface area contributed by atoms with E-state index in [1.54, 1.807) is 6.07 Å². The van der Waals surface area contributed by atoms with Gasteiger partial charge < -0.3 is 10.8 Å². The average molecular weight is 277 g/mol. The van der Waals surface area contributed by atoms with Crippen molar-refractivity contribution >= 4 is 11.8 Å². The lowest BCUT2D eigenvalue weighted by Crippen LogP contribution is -2.37. The maximum atomic E-state index is 13.1. The van der Waals surface area contributed by atoms with Crippen molar-refractivity contribution in [1.82, 2.24) is 0 Å². The first kappa shape index (κ1) is 14.1. The molecule has 19 heavy (non-hydrogen) atoms. The Bertz CT molecular complexity index is 535. The zero-order valence-corrected chi connectivity index (χ0v) is 11.2. The van der Waals surface area contributed by atoms with Gasteiger partial charge in [-0.25, -0.2) is 4.39 Å². The molecule has 2 rings (SSSR count). The van der Waals surface area contributed by atoms with Crippen LogP contribution in [0.25, 0.3) is 0 Å². The van der Waals surface area contributed by atoms with Crippen molar-refractivity contribution < 1.29 is 9.50 Å². The fraction of sp³-hybridized carbons (Fsp3) is 0.200. The van der Waals surface area contributed by atoms with Crippen LogP contribution in [0.4, 0.5) is 4.39 Å². The third-order valence-corrected chi connectivity index (χ3v) is 4.13. The third-order valence-electron chi connectivity index (χ3n) is 2.92. The molecule has 2 aromatic carbocycles. The van der Waals surface area contributed by atoms with Crippen molar-refractivity contribution in [1.29, 1.82) is 0 Å². The molecule has 0 aliphatic rings. The number of aliphatic hydroxyl groups is 1. The minimum absolute atomic E-state index is 0.124. The van der Waals surface area contributed by atoms with Gasteiger partial charge in [0.15, 0.2) is 0 Å². The maximum absolute atomic E-state index is 13.1. The minimum atomic E-state index is -1.10. The molecule has 1 atom stereocenters. The molecule has 0 fully saturated rings. The van der Waals surface area contributed by atoms with Crippen LogP contribution in [0.2, 0.25) is 0 Å². The minimum Gasteiger partial charge on any atom is -0.383 e. The smallest absolute Gasteiger partial charge is 0.124 e. The highest BCUT2D eigenvalue weighted by molar-refractivity contribution is 7.99. The molecule has 0 saturated heterocycles. The predicted molar refractivity (Wildman–Crippen MR) is 76.5 cm³/mol. The Hall–Kier alpha value is -1.36. The van der Waals surface area contributed by atoms with Gasteiger partial charge in [-0.15, -0.1) is 11.8 Å². The van der Waals surface area contributed by atoms with Crippen molar-refractivity contribution in [2.75, 3.05) is 12.3 Å². The SMILES string of the molecule is NCC(O)(CSc1cccc(F)c1)c1ccccc1. The van der Waals surface area contributed by atoms with E-state index in [0.29, 0.717) is 5.75 Å². The number of benzene rings is 2. The first-order chi connectivity index (χ1) is 9.14. The van der Waals surface area contributed by atoms with Crippen molar-refractivity contribution in [3.05, 3.63) is 66.0 Å². The van der Waals surface area contributed by atoms with Crippen LogP contribution in [0.15, 0.2) is 59.5 Å². The van der Waals surface area contributed by atoms with Crippen molar-refractivity contribution in [2.45, 2.75) is 10.5 Å². The number of hydrogen-bond acceptors (Lipinski definition) is 3. The second-order valence-electron chi connectivity index (χ2n) is 4.35. The average Bonchev–Trinajstić information content (AvgIpc) is 2.46. The fourth-order valence-electron chi connectivity index (χ4n) is 1.77. The second kappa shape index (κ2) is 6.19. The molecule has 1 unspecified atom stereocenters. The van der Waals surface area contributed by atoms with Crippen LogP contribution >= 0.6 is 11.8 Å². The number of rotatable bonds is 5. The molecule has 0 heterocycles. The van der Waals surface area contributed by atoms with Crippen LogP contribution in [0.5, 0.6) is 0 Å². The summed E-state index contributed by atoms with van der Waals surface area (Å²) in [4.78, 5) is 0.780. The van der Waals surface area contributed by atoms with Gasteiger partial charge in [0.25, 0.3) is 0 Å². The molecule has 2 aromatic rings. The lowest BCUT2D eigenvalue weighted by molar-refractivity contribution is 0.0721. The van der Waals surface area contributed by atoms with Gasteiger partial charge in [0, 0.05) is 17.2 Å². The lowest BCUT2D eigenvalue weighted by atomic mass is 9.96. The summed E-state index contributed by atoms with van der Waals surface area (Å²) in [5.74, 6) is 0.109.